The Morgan fingerprint density at radius 1 is 0.684 bits per heavy atom. The van der Waals surface area contributed by atoms with Crippen molar-refractivity contribution >= 4 is 53.7 Å². The first-order valence-corrected chi connectivity index (χ1v) is 10.8. The van der Waals surface area contributed by atoms with Crippen LogP contribution in [0.3, 0.4) is 0 Å². The number of carboxylic acids is 1. The Morgan fingerprint density at radius 2 is 1.16 bits per heavy atom. The van der Waals surface area contributed by atoms with Gasteiger partial charge in [0.05, 0.1) is 39.3 Å². The number of aliphatic hydroxyl groups is 1. The van der Waals surface area contributed by atoms with E-state index >= 15 is 0 Å². The van der Waals surface area contributed by atoms with Crippen molar-refractivity contribution < 1.29 is 53.4 Å². The minimum Gasteiger partial charge on any atom is -0.481 e. The van der Waals surface area contributed by atoms with Gasteiger partial charge in [-0.15, -0.1) is 0 Å². The summed E-state index contributed by atoms with van der Waals surface area (Å²) in [5, 5.41) is 33.1. The van der Waals surface area contributed by atoms with Crippen molar-refractivity contribution in [2.45, 2.75) is 24.9 Å². The lowest BCUT2D eigenvalue weighted by Crippen LogP contribution is -2.54. The van der Waals surface area contributed by atoms with Gasteiger partial charge in [-0.05, 0) is 6.42 Å². The van der Waals surface area contributed by atoms with E-state index < -0.39 is 105 Å². The SMILES string of the molecule is NC(=O)CNC(=O)CNC(=O)[C@@H](CO)NC(=O)CNC(=O)[C@@H](CCC(=O)O)NC(=O)CNC(=O)CNC=O. The van der Waals surface area contributed by atoms with Crippen LogP contribution in [0.15, 0.2) is 0 Å². The molecule has 2 atom stereocenters. The van der Waals surface area contributed by atoms with Gasteiger partial charge in [-0.1, -0.05) is 0 Å². The van der Waals surface area contributed by atoms with Crippen molar-refractivity contribution in [3.8, 4) is 0 Å². The van der Waals surface area contributed by atoms with Gasteiger partial charge in [0.1, 0.15) is 12.1 Å². The van der Waals surface area contributed by atoms with Crippen LogP contribution in [0.2, 0.25) is 0 Å². The molecule has 8 amide bonds. The zero-order valence-corrected chi connectivity index (χ0v) is 20.0. The number of nitrogens with two attached hydrogens (primary N) is 1. The molecule has 0 radical (unpaired) electrons. The molecule has 19 heteroatoms. The van der Waals surface area contributed by atoms with Crippen LogP contribution in [0.5, 0.6) is 0 Å². The molecular formula is C19H30N8O11. The number of carbonyl (C=O) groups is 9. The molecule has 0 unspecified atom stereocenters. The first kappa shape index (κ1) is 33.2. The number of nitrogens with one attached hydrogen (secondary N) is 7. The van der Waals surface area contributed by atoms with Crippen LogP contribution in [-0.4, -0.2) is 115 Å². The molecule has 0 aromatic rings. The second-order valence-electron chi connectivity index (χ2n) is 7.31. The topological polar surface area (TPSA) is 304 Å². The number of amides is 8. The van der Waals surface area contributed by atoms with Gasteiger partial charge in [0, 0.05) is 6.42 Å². The van der Waals surface area contributed by atoms with Gasteiger partial charge in [-0.2, -0.15) is 0 Å². The van der Waals surface area contributed by atoms with Crippen molar-refractivity contribution in [3.05, 3.63) is 0 Å². The molecule has 0 aliphatic rings. The standard InChI is InChI=1S/C19H30N8O11/c20-12(30)3-22-14(32)5-24-19(38)11(8-28)27-16(34)7-25-18(37)10(1-2-17(35)36)26-15(33)6-23-13(31)4-21-9-29/h9-11,28H,1-8H2,(H2,20,30)(H,21,29)(H,22,32)(H,23,31)(H,24,38)(H,25,37)(H,26,33)(H,27,34)(H,35,36)/t10-,11-/m1/s1. The predicted molar refractivity (Wildman–Crippen MR) is 123 cm³/mol. The maximum atomic E-state index is 12.4. The summed E-state index contributed by atoms with van der Waals surface area (Å²) < 4.78 is 0. The Balaban J connectivity index is 4.79. The largest absolute Gasteiger partial charge is 0.481 e. The lowest BCUT2D eigenvalue weighted by molar-refractivity contribution is -0.138. The van der Waals surface area contributed by atoms with Crippen molar-refractivity contribution in [2.24, 2.45) is 5.73 Å². The van der Waals surface area contributed by atoms with E-state index in [9.17, 15) is 48.3 Å². The van der Waals surface area contributed by atoms with Gasteiger partial charge in [0.25, 0.3) is 0 Å². The van der Waals surface area contributed by atoms with Crippen molar-refractivity contribution in [2.75, 3.05) is 39.3 Å². The van der Waals surface area contributed by atoms with Crippen LogP contribution in [0.4, 0.5) is 0 Å². The number of hydrogen-bond donors (Lipinski definition) is 10. The molecular weight excluding hydrogens is 516 g/mol. The van der Waals surface area contributed by atoms with E-state index in [4.69, 9.17) is 10.8 Å². The summed E-state index contributed by atoms with van der Waals surface area (Å²) >= 11 is 0. The zero-order valence-electron chi connectivity index (χ0n) is 20.0. The summed E-state index contributed by atoms with van der Waals surface area (Å²) in [6.45, 7) is -3.66. The van der Waals surface area contributed by atoms with E-state index in [1.807, 2.05) is 0 Å². The molecule has 212 valence electrons. The summed E-state index contributed by atoms with van der Waals surface area (Å²) in [4.78, 5) is 103. The number of primary amides is 1. The Labute approximate surface area is 215 Å². The summed E-state index contributed by atoms with van der Waals surface area (Å²) in [5.41, 5.74) is 4.86. The molecule has 11 N–H and O–H groups in total. The molecule has 0 saturated heterocycles. The Morgan fingerprint density at radius 3 is 1.68 bits per heavy atom. The molecule has 19 nitrogen and oxygen atoms in total. The zero-order chi connectivity index (χ0) is 29.1. The number of hydrogen-bond acceptors (Lipinski definition) is 10. The molecule has 0 fully saturated rings. The number of aliphatic carboxylic acids is 1. The van der Waals surface area contributed by atoms with Gasteiger partial charge in [0.2, 0.25) is 47.8 Å². The summed E-state index contributed by atoms with van der Waals surface area (Å²) in [7, 11) is 0. The lowest BCUT2D eigenvalue weighted by atomic mass is 10.1. The highest BCUT2D eigenvalue weighted by Gasteiger charge is 2.24. The molecule has 0 saturated carbocycles. The molecule has 0 spiro atoms. The second-order valence-corrected chi connectivity index (χ2v) is 7.31. The molecule has 0 aromatic heterocycles. The fourth-order valence-electron chi connectivity index (χ4n) is 2.43. The van der Waals surface area contributed by atoms with Crippen LogP contribution in [0.1, 0.15) is 12.8 Å². The third-order valence-corrected chi connectivity index (χ3v) is 4.23. The van der Waals surface area contributed by atoms with Gasteiger partial charge in [-0.25, -0.2) is 0 Å². The van der Waals surface area contributed by atoms with Crippen LogP contribution in [0.25, 0.3) is 0 Å². The van der Waals surface area contributed by atoms with Crippen molar-refractivity contribution in [1.82, 2.24) is 37.2 Å². The Bertz CT molecular complexity index is 911. The van der Waals surface area contributed by atoms with E-state index in [1.54, 1.807) is 0 Å². The highest BCUT2D eigenvalue weighted by Crippen LogP contribution is 1.98. The first-order chi connectivity index (χ1) is 17.9. The van der Waals surface area contributed by atoms with E-state index in [2.05, 4.69) is 37.2 Å². The van der Waals surface area contributed by atoms with E-state index in [1.165, 1.54) is 0 Å². The molecule has 0 rings (SSSR count). The Hall–Kier alpha value is -4.81. The first-order valence-electron chi connectivity index (χ1n) is 10.8. The minimum absolute atomic E-state index is 0.268. The summed E-state index contributed by atoms with van der Waals surface area (Å²) in [6, 6.07) is -2.92. The van der Waals surface area contributed by atoms with E-state index in [0.29, 0.717) is 0 Å². The van der Waals surface area contributed by atoms with Crippen molar-refractivity contribution in [1.29, 1.82) is 0 Å². The predicted octanol–water partition coefficient (Wildman–Crippen LogP) is -7.49. The maximum Gasteiger partial charge on any atom is 0.303 e. The lowest BCUT2D eigenvalue weighted by Gasteiger charge is -2.19. The summed E-state index contributed by atoms with van der Waals surface area (Å²) in [5.74, 6) is -7.29. The Kier molecular flexibility index (Phi) is 16.1. The maximum absolute atomic E-state index is 12.4. The smallest absolute Gasteiger partial charge is 0.303 e. The molecule has 0 aliphatic heterocycles. The highest BCUT2D eigenvalue weighted by molar-refractivity contribution is 5.94. The molecule has 0 heterocycles. The van der Waals surface area contributed by atoms with Crippen LogP contribution < -0.4 is 43.0 Å². The molecule has 0 bridgehead atoms. The molecule has 0 aromatic carbocycles. The van der Waals surface area contributed by atoms with Gasteiger partial charge in [0.15, 0.2) is 0 Å². The number of aliphatic hydroxyl groups excluding tert-OH is 1. The fourth-order valence-corrected chi connectivity index (χ4v) is 2.43. The number of rotatable bonds is 19. The third kappa shape index (κ3) is 16.0. The highest BCUT2D eigenvalue weighted by atomic mass is 16.4. The van der Waals surface area contributed by atoms with Gasteiger partial charge < -0.3 is 53.2 Å². The average Bonchev–Trinajstić information content (AvgIpc) is 2.87. The van der Waals surface area contributed by atoms with E-state index in [0.717, 1.165) is 0 Å². The fraction of sp³-hybridized carbons (Fsp3) is 0.526. The normalized spacial score (nSPS) is 11.5. The molecule has 0 aliphatic carbocycles. The number of carboxylic acid groups (broad SMARTS) is 1. The second kappa shape index (κ2) is 18.5. The summed E-state index contributed by atoms with van der Waals surface area (Å²) in [6.07, 6.45) is -0.626. The van der Waals surface area contributed by atoms with Crippen LogP contribution in [-0.2, 0) is 43.2 Å². The monoisotopic (exact) mass is 546 g/mol. The van der Waals surface area contributed by atoms with Gasteiger partial charge in [-0.3, -0.25) is 43.2 Å². The third-order valence-electron chi connectivity index (χ3n) is 4.23. The minimum atomic E-state index is -1.51. The van der Waals surface area contributed by atoms with Gasteiger partial charge >= 0.3 is 5.97 Å². The van der Waals surface area contributed by atoms with Crippen LogP contribution in [0, 0.1) is 0 Å². The number of carbonyl (C=O) groups excluding carboxylic acids is 8. The molecule has 38 heavy (non-hydrogen) atoms. The van der Waals surface area contributed by atoms with Crippen molar-refractivity contribution in [3.63, 3.8) is 0 Å². The quantitative estimate of drug-likeness (QED) is 0.0678. The van der Waals surface area contributed by atoms with E-state index in [-0.39, 0.29) is 12.8 Å². The van der Waals surface area contributed by atoms with Crippen LogP contribution >= 0.6 is 0 Å². The average molecular weight is 546 g/mol.